The van der Waals surface area contributed by atoms with Crippen molar-refractivity contribution < 1.29 is 8.78 Å². The van der Waals surface area contributed by atoms with Crippen molar-refractivity contribution in [3.63, 3.8) is 0 Å². The Labute approximate surface area is 129 Å². The molecule has 0 atom stereocenters. The van der Waals surface area contributed by atoms with Gasteiger partial charge in [0.05, 0.1) is 23.7 Å². The van der Waals surface area contributed by atoms with Gasteiger partial charge in [-0.1, -0.05) is 0 Å². The summed E-state index contributed by atoms with van der Waals surface area (Å²) in [5.74, 6) is -1.52. The Hall–Kier alpha value is -2.64. The molecule has 0 saturated heterocycles. The van der Waals surface area contributed by atoms with Crippen LogP contribution in [-0.2, 0) is 13.0 Å². The van der Waals surface area contributed by atoms with Crippen molar-refractivity contribution in [3.8, 4) is 12.1 Å². The molecule has 0 aliphatic carbocycles. The van der Waals surface area contributed by atoms with Crippen molar-refractivity contribution in [3.05, 3.63) is 45.3 Å². The smallest absolute Gasteiger partial charge is 0.150 e. The monoisotopic (exact) mass is 316 g/mol. The normalized spacial score (nSPS) is 13.4. The maximum absolute atomic E-state index is 14.1. The van der Waals surface area contributed by atoms with Crippen molar-refractivity contribution >= 4 is 22.0 Å². The molecule has 110 valence electrons. The molecular formula is C15H10F2N4S. The van der Waals surface area contributed by atoms with Gasteiger partial charge in [-0.3, -0.25) is 0 Å². The molecule has 1 aliphatic heterocycles. The van der Waals surface area contributed by atoms with Gasteiger partial charge in [-0.15, -0.1) is 11.3 Å². The summed E-state index contributed by atoms with van der Waals surface area (Å²) in [6.07, 6.45) is 0.505. The highest BCUT2D eigenvalue weighted by Gasteiger charge is 2.27. The molecular weight excluding hydrogens is 306 g/mol. The molecule has 1 aliphatic rings. The number of halogens is 2. The lowest BCUT2D eigenvalue weighted by molar-refractivity contribution is 0.565. The third kappa shape index (κ3) is 2.16. The van der Waals surface area contributed by atoms with Gasteiger partial charge in [-0.25, -0.2) is 8.78 Å². The standard InChI is InChI=1S/C15H10F2N4S/c16-11-3-8(5-18)4-12(17)14(11)21-2-1-9-10(6-19)15(20)22-13(9)7-21/h3-4H,1-2,7,20H2. The van der Waals surface area contributed by atoms with Crippen LogP contribution in [0.25, 0.3) is 0 Å². The van der Waals surface area contributed by atoms with Gasteiger partial charge in [0, 0.05) is 11.4 Å². The van der Waals surface area contributed by atoms with Crippen LogP contribution in [0.5, 0.6) is 0 Å². The summed E-state index contributed by atoms with van der Waals surface area (Å²) in [6, 6.07) is 5.85. The number of fused-ring (bicyclic) bond motifs is 1. The Bertz CT molecular complexity index is 821. The Morgan fingerprint density at radius 1 is 1.18 bits per heavy atom. The van der Waals surface area contributed by atoms with Gasteiger partial charge in [0.25, 0.3) is 0 Å². The first kappa shape index (κ1) is 14.3. The zero-order valence-electron chi connectivity index (χ0n) is 11.4. The predicted octanol–water partition coefficient (Wildman–Crippen LogP) is 2.91. The van der Waals surface area contributed by atoms with E-state index in [1.54, 1.807) is 11.0 Å². The predicted molar refractivity (Wildman–Crippen MR) is 79.3 cm³/mol. The Balaban J connectivity index is 2.00. The van der Waals surface area contributed by atoms with Crippen molar-refractivity contribution in [1.82, 2.24) is 0 Å². The van der Waals surface area contributed by atoms with Gasteiger partial charge in [0.1, 0.15) is 16.8 Å². The largest absolute Gasteiger partial charge is 0.389 e. The highest BCUT2D eigenvalue weighted by molar-refractivity contribution is 7.16. The quantitative estimate of drug-likeness (QED) is 0.877. The fourth-order valence-electron chi connectivity index (χ4n) is 2.67. The molecule has 0 fully saturated rings. The molecule has 7 heteroatoms. The van der Waals surface area contributed by atoms with E-state index in [2.05, 4.69) is 6.07 Å². The van der Waals surface area contributed by atoms with Crippen LogP contribution in [-0.4, -0.2) is 6.54 Å². The van der Waals surface area contributed by atoms with Gasteiger partial charge in [-0.05, 0) is 24.1 Å². The van der Waals surface area contributed by atoms with Crippen molar-refractivity contribution in [2.45, 2.75) is 13.0 Å². The summed E-state index contributed by atoms with van der Waals surface area (Å²) in [4.78, 5) is 2.43. The molecule has 3 rings (SSSR count). The minimum atomic E-state index is -0.759. The first-order valence-corrected chi connectivity index (χ1v) is 7.31. The van der Waals surface area contributed by atoms with E-state index < -0.39 is 11.6 Å². The van der Waals surface area contributed by atoms with Crippen LogP contribution in [0.4, 0.5) is 19.5 Å². The number of anilines is 2. The van der Waals surface area contributed by atoms with E-state index in [9.17, 15) is 8.78 Å². The van der Waals surface area contributed by atoms with Crippen LogP contribution in [0.1, 0.15) is 21.6 Å². The number of benzene rings is 1. The number of hydrogen-bond acceptors (Lipinski definition) is 5. The molecule has 0 radical (unpaired) electrons. The first-order chi connectivity index (χ1) is 10.5. The molecule has 0 saturated carbocycles. The van der Waals surface area contributed by atoms with Crippen molar-refractivity contribution in [2.75, 3.05) is 17.2 Å². The number of thiophene rings is 1. The summed E-state index contributed by atoms with van der Waals surface area (Å²) in [5.41, 5.74) is 6.95. The first-order valence-electron chi connectivity index (χ1n) is 6.49. The van der Waals surface area contributed by atoms with E-state index in [1.807, 2.05) is 0 Å². The highest BCUT2D eigenvalue weighted by Crippen LogP contribution is 2.37. The van der Waals surface area contributed by atoms with E-state index in [0.717, 1.165) is 22.6 Å². The Morgan fingerprint density at radius 3 is 2.45 bits per heavy atom. The summed E-state index contributed by atoms with van der Waals surface area (Å²) in [7, 11) is 0. The second-order valence-electron chi connectivity index (χ2n) is 4.93. The van der Waals surface area contributed by atoms with Crippen LogP contribution in [0.2, 0.25) is 0 Å². The second kappa shape index (κ2) is 5.28. The van der Waals surface area contributed by atoms with E-state index in [1.165, 1.54) is 11.3 Å². The zero-order chi connectivity index (χ0) is 15.9. The summed E-state index contributed by atoms with van der Waals surface area (Å²) in [6.45, 7) is 0.684. The summed E-state index contributed by atoms with van der Waals surface area (Å²) in [5, 5.41) is 18.3. The van der Waals surface area contributed by atoms with Crippen molar-refractivity contribution in [1.29, 1.82) is 10.5 Å². The molecule has 1 aromatic carbocycles. The molecule has 0 spiro atoms. The molecule has 4 nitrogen and oxygen atoms in total. The topological polar surface area (TPSA) is 76.8 Å². The molecule has 0 bridgehead atoms. The lowest BCUT2D eigenvalue weighted by atomic mass is 10.0. The molecule has 1 aromatic heterocycles. The average molecular weight is 316 g/mol. The summed E-state index contributed by atoms with van der Waals surface area (Å²) < 4.78 is 28.2. The molecule has 2 N–H and O–H groups in total. The van der Waals surface area contributed by atoms with Crippen molar-refractivity contribution in [2.24, 2.45) is 0 Å². The fourth-order valence-corrected chi connectivity index (χ4v) is 3.75. The highest BCUT2D eigenvalue weighted by atomic mass is 32.1. The lowest BCUT2D eigenvalue weighted by Crippen LogP contribution is -2.31. The molecule has 2 aromatic rings. The number of nitrogens with zero attached hydrogens (tertiary/aromatic N) is 3. The zero-order valence-corrected chi connectivity index (χ0v) is 12.2. The van der Waals surface area contributed by atoms with Gasteiger partial charge >= 0.3 is 0 Å². The van der Waals surface area contributed by atoms with Gasteiger partial charge < -0.3 is 10.6 Å². The van der Waals surface area contributed by atoms with Gasteiger partial charge in [0.2, 0.25) is 0 Å². The molecule has 22 heavy (non-hydrogen) atoms. The fraction of sp³-hybridized carbons (Fsp3) is 0.200. The number of rotatable bonds is 1. The third-order valence-corrected chi connectivity index (χ3v) is 4.70. The number of nitriles is 2. The van der Waals surface area contributed by atoms with Crippen LogP contribution >= 0.6 is 11.3 Å². The third-order valence-electron chi connectivity index (χ3n) is 3.66. The maximum atomic E-state index is 14.1. The van der Waals surface area contributed by atoms with Gasteiger partial charge in [-0.2, -0.15) is 10.5 Å². The van der Waals surface area contributed by atoms with E-state index in [4.69, 9.17) is 16.3 Å². The van der Waals surface area contributed by atoms with Crippen LogP contribution in [0.15, 0.2) is 12.1 Å². The Morgan fingerprint density at radius 2 is 1.86 bits per heavy atom. The SMILES string of the molecule is N#Cc1cc(F)c(N2CCc3c(sc(N)c3C#N)C2)c(F)c1. The maximum Gasteiger partial charge on any atom is 0.150 e. The summed E-state index contributed by atoms with van der Waals surface area (Å²) >= 11 is 1.28. The minimum absolute atomic E-state index is 0.0522. The van der Waals surface area contributed by atoms with Crippen LogP contribution in [0.3, 0.4) is 0 Å². The average Bonchev–Trinajstić information content (AvgIpc) is 2.80. The number of nitrogen functional groups attached to an aromatic ring is 1. The second-order valence-corrected chi connectivity index (χ2v) is 6.06. The Kier molecular flexibility index (Phi) is 3.44. The molecule has 2 heterocycles. The minimum Gasteiger partial charge on any atom is -0.389 e. The van der Waals surface area contributed by atoms with E-state index >= 15 is 0 Å². The van der Waals surface area contributed by atoms with E-state index in [-0.39, 0.29) is 11.3 Å². The van der Waals surface area contributed by atoms with Crippen LogP contribution in [0, 0.1) is 34.3 Å². The van der Waals surface area contributed by atoms with Gasteiger partial charge in [0.15, 0.2) is 11.6 Å². The van der Waals surface area contributed by atoms with Crippen LogP contribution < -0.4 is 10.6 Å². The number of nitrogens with two attached hydrogens (primary N) is 1. The van der Waals surface area contributed by atoms with E-state index in [0.29, 0.717) is 30.1 Å². The lowest BCUT2D eigenvalue weighted by Gasteiger charge is -2.29. The number of hydrogen-bond donors (Lipinski definition) is 1. The molecule has 0 unspecified atom stereocenters. The molecule has 0 amide bonds.